The number of aliphatic imine (C=N–C) groups is 1. The number of aromatic nitrogens is 2. The first-order valence-corrected chi connectivity index (χ1v) is 9.32. The van der Waals surface area contributed by atoms with Gasteiger partial charge in [0.25, 0.3) is 5.24 Å². The van der Waals surface area contributed by atoms with Crippen molar-refractivity contribution >= 4 is 57.2 Å². The van der Waals surface area contributed by atoms with Gasteiger partial charge in [-0.05, 0) is 59.8 Å². The predicted octanol–water partition coefficient (Wildman–Crippen LogP) is 4.06. The van der Waals surface area contributed by atoms with E-state index in [-0.39, 0.29) is 10.9 Å². The number of thioether (sulfide) groups is 1. The minimum Gasteiger partial charge on any atom is -0.300 e. The molecule has 136 valence electrons. The van der Waals surface area contributed by atoms with E-state index >= 15 is 0 Å². The zero-order chi connectivity index (χ0) is 19.1. The van der Waals surface area contributed by atoms with Crippen molar-refractivity contribution in [2.24, 2.45) is 19.1 Å². The Balaban J connectivity index is 1.76. The minimum absolute atomic E-state index is 0.0770. The minimum atomic E-state index is -0.179. The zero-order valence-electron chi connectivity index (χ0n) is 14.6. The molecule has 6 nitrogen and oxygen atoms in total. The Hall–Kier alpha value is -2.77. The van der Waals surface area contributed by atoms with Crippen LogP contribution in [0, 0.1) is 0 Å². The van der Waals surface area contributed by atoms with Crippen molar-refractivity contribution < 1.29 is 4.79 Å². The van der Waals surface area contributed by atoms with Gasteiger partial charge in [-0.2, -0.15) is 0 Å². The summed E-state index contributed by atoms with van der Waals surface area (Å²) in [7, 11) is 3.49. The molecule has 2 heterocycles. The summed E-state index contributed by atoms with van der Waals surface area (Å²) in [5.74, 6) is 0.495. The second kappa shape index (κ2) is 6.75. The van der Waals surface area contributed by atoms with Crippen molar-refractivity contribution in [3.8, 4) is 0 Å². The summed E-state index contributed by atoms with van der Waals surface area (Å²) in [6.07, 6.45) is 1.88. The van der Waals surface area contributed by atoms with E-state index in [4.69, 9.17) is 11.6 Å². The molecular formula is C19H15ClN4O2S. The first-order chi connectivity index (χ1) is 12.9. The number of imidazole rings is 1. The van der Waals surface area contributed by atoms with Crippen molar-refractivity contribution in [1.82, 2.24) is 14.5 Å². The Labute approximate surface area is 164 Å². The average molecular weight is 399 g/mol. The second-order valence-corrected chi connectivity index (χ2v) is 7.56. The molecule has 1 saturated heterocycles. The first kappa shape index (κ1) is 17.6. The molecule has 1 aliphatic rings. The largest absolute Gasteiger partial charge is 0.328 e. The van der Waals surface area contributed by atoms with Gasteiger partial charge >= 0.3 is 5.69 Å². The van der Waals surface area contributed by atoms with Crippen LogP contribution in [0.15, 0.2) is 57.2 Å². The summed E-state index contributed by atoms with van der Waals surface area (Å²) in [5.41, 5.74) is 3.19. The molecule has 8 heteroatoms. The average Bonchev–Trinajstić information content (AvgIpc) is 3.09. The fourth-order valence-electron chi connectivity index (χ4n) is 2.92. The first-order valence-electron chi connectivity index (χ1n) is 8.13. The summed E-state index contributed by atoms with van der Waals surface area (Å²) in [5, 5.41) is 3.21. The standard InChI is InChI=1S/C19H15ClN4O2S/c1-23-14-8-3-11(9-15(14)24(2)19(23)26)10-16-17(22-18(25)27-16)21-13-6-4-12(20)5-7-13/h3-10H,1-2H3,(H,21,22,25). The van der Waals surface area contributed by atoms with Crippen LogP contribution in [0.4, 0.5) is 10.5 Å². The lowest BCUT2D eigenvalue weighted by molar-refractivity contribution is 0.265. The third kappa shape index (κ3) is 3.31. The highest BCUT2D eigenvalue weighted by atomic mass is 35.5. The number of carbonyl (C=O) groups is 1. The molecule has 0 bridgehead atoms. The Kier molecular flexibility index (Phi) is 4.41. The van der Waals surface area contributed by atoms with Gasteiger partial charge in [0.05, 0.1) is 21.6 Å². The molecule has 1 N–H and O–H groups in total. The highest BCUT2D eigenvalue weighted by molar-refractivity contribution is 8.18. The normalized spacial score (nSPS) is 17.2. The van der Waals surface area contributed by atoms with Crippen LogP contribution in [0.3, 0.4) is 0 Å². The molecule has 1 aromatic heterocycles. The van der Waals surface area contributed by atoms with Crippen molar-refractivity contribution in [2.45, 2.75) is 0 Å². The number of amidine groups is 1. The van der Waals surface area contributed by atoms with Gasteiger partial charge in [-0.15, -0.1) is 0 Å². The summed E-state index contributed by atoms with van der Waals surface area (Å²) in [6, 6.07) is 12.8. The number of halogens is 1. The predicted molar refractivity (Wildman–Crippen MR) is 111 cm³/mol. The number of hydrogen-bond donors (Lipinski definition) is 1. The number of hydrogen-bond acceptors (Lipinski definition) is 4. The van der Waals surface area contributed by atoms with Gasteiger partial charge in [-0.25, -0.2) is 9.79 Å². The summed E-state index contributed by atoms with van der Waals surface area (Å²) < 4.78 is 3.21. The zero-order valence-corrected chi connectivity index (χ0v) is 16.1. The lowest BCUT2D eigenvalue weighted by Crippen LogP contribution is -2.19. The molecule has 2 aromatic carbocycles. The van der Waals surface area contributed by atoms with Gasteiger partial charge in [0, 0.05) is 19.1 Å². The summed E-state index contributed by atoms with van der Waals surface area (Å²) >= 11 is 6.99. The summed E-state index contributed by atoms with van der Waals surface area (Å²) in [6.45, 7) is 0. The molecule has 4 rings (SSSR count). The van der Waals surface area contributed by atoms with Crippen LogP contribution >= 0.6 is 23.4 Å². The topological polar surface area (TPSA) is 68.4 Å². The van der Waals surface area contributed by atoms with Crippen molar-refractivity contribution in [2.75, 3.05) is 0 Å². The van der Waals surface area contributed by atoms with Gasteiger partial charge in [-0.1, -0.05) is 17.7 Å². The number of benzene rings is 2. The van der Waals surface area contributed by atoms with Crippen LogP contribution in [-0.4, -0.2) is 20.2 Å². The third-order valence-electron chi connectivity index (χ3n) is 4.32. The Morgan fingerprint density at radius 2 is 1.74 bits per heavy atom. The second-order valence-electron chi connectivity index (χ2n) is 6.11. The van der Waals surface area contributed by atoms with Gasteiger partial charge in [-0.3, -0.25) is 13.9 Å². The maximum Gasteiger partial charge on any atom is 0.328 e. The van der Waals surface area contributed by atoms with Gasteiger partial charge < -0.3 is 5.32 Å². The van der Waals surface area contributed by atoms with Gasteiger partial charge in [0.2, 0.25) is 0 Å². The van der Waals surface area contributed by atoms with Crippen LogP contribution < -0.4 is 11.0 Å². The highest BCUT2D eigenvalue weighted by Crippen LogP contribution is 2.29. The fraction of sp³-hybridized carbons (Fsp3) is 0.105. The van der Waals surface area contributed by atoms with E-state index in [0.717, 1.165) is 33.3 Å². The van der Waals surface area contributed by atoms with E-state index in [0.29, 0.717) is 16.5 Å². The highest BCUT2D eigenvalue weighted by Gasteiger charge is 2.23. The SMILES string of the molecule is Cn1c(=O)n(C)c2cc(C=C3SC(=O)NC3=Nc3ccc(Cl)cc3)ccc21. The number of nitrogens with one attached hydrogen (secondary N) is 1. The molecule has 0 unspecified atom stereocenters. The molecule has 0 radical (unpaired) electrons. The maximum atomic E-state index is 12.1. The van der Waals surface area contributed by atoms with E-state index in [1.54, 1.807) is 47.5 Å². The molecule has 1 fully saturated rings. The van der Waals surface area contributed by atoms with Crippen LogP contribution in [-0.2, 0) is 14.1 Å². The lowest BCUT2D eigenvalue weighted by Gasteiger charge is -2.02. The number of carbonyl (C=O) groups excluding carboxylic acids is 1. The van der Waals surface area contributed by atoms with Crippen molar-refractivity contribution in [3.63, 3.8) is 0 Å². The van der Waals surface area contributed by atoms with Crippen molar-refractivity contribution in [1.29, 1.82) is 0 Å². The van der Waals surface area contributed by atoms with Crippen molar-refractivity contribution in [3.05, 3.63) is 68.4 Å². The smallest absolute Gasteiger partial charge is 0.300 e. The Morgan fingerprint density at radius 1 is 1.04 bits per heavy atom. The van der Waals surface area contributed by atoms with Crippen LogP contribution in [0.5, 0.6) is 0 Å². The molecule has 0 saturated carbocycles. The monoisotopic (exact) mass is 398 g/mol. The number of nitrogens with zero attached hydrogens (tertiary/aromatic N) is 3. The number of aryl methyl sites for hydroxylation is 2. The van der Waals surface area contributed by atoms with Gasteiger partial charge in [0.15, 0.2) is 0 Å². The Bertz CT molecular complexity index is 1190. The van der Waals surface area contributed by atoms with E-state index in [1.165, 1.54) is 0 Å². The molecular weight excluding hydrogens is 384 g/mol. The molecule has 1 amide bonds. The third-order valence-corrected chi connectivity index (χ3v) is 5.39. The Morgan fingerprint density at radius 3 is 2.48 bits per heavy atom. The van der Waals surface area contributed by atoms with E-state index in [1.807, 2.05) is 24.3 Å². The number of fused-ring (bicyclic) bond motifs is 1. The number of rotatable bonds is 2. The quantitative estimate of drug-likeness (QED) is 0.707. The lowest BCUT2D eigenvalue weighted by atomic mass is 10.2. The fourth-order valence-corrected chi connectivity index (χ4v) is 3.78. The molecule has 3 aromatic rings. The number of amides is 1. The van der Waals surface area contributed by atoms with E-state index in [2.05, 4.69) is 10.3 Å². The van der Waals surface area contributed by atoms with Crippen LogP contribution in [0.2, 0.25) is 5.02 Å². The molecule has 27 heavy (non-hydrogen) atoms. The molecule has 0 atom stereocenters. The van der Waals surface area contributed by atoms with Crippen LogP contribution in [0.25, 0.3) is 17.1 Å². The summed E-state index contributed by atoms with van der Waals surface area (Å²) in [4.78, 5) is 29.2. The molecule has 0 spiro atoms. The van der Waals surface area contributed by atoms with E-state index in [9.17, 15) is 9.59 Å². The maximum absolute atomic E-state index is 12.1. The molecule has 0 aliphatic carbocycles. The molecule has 1 aliphatic heterocycles. The van der Waals surface area contributed by atoms with Gasteiger partial charge in [0.1, 0.15) is 5.84 Å². The van der Waals surface area contributed by atoms with Crippen LogP contribution in [0.1, 0.15) is 5.56 Å². The van der Waals surface area contributed by atoms with E-state index < -0.39 is 0 Å².